The lowest BCUT2D eigenvalue weighted by atomic mass is 10.1. The predicted octanol–water partition coefficient (Wildman–Crippen LogP) is 2.51. The summed E-state index contributed by atoms with van der Waals surface area (Å²) >= 11 is 3.32. The number of piperazine rings is 1. The first-order valence-corrected chi connectivity index (χ1v) is 12.1. The Morgan fingerprint density at radius 2 is 1.70 bits per heavy atom. The highest BCUT2D eigenvalue weighted by Crippen LogP contribution is 2.23. The lowest BCUT2D eigenvalue weighted by molar-refractivity contribution is -0.127. The number of halogens is 1. The summed E-state index contributed by atoms with van der Waals surface area (Å²) in [5.41, 5.74) is 0.698. The van der Waals surface area contributed by atoms with Crippen LogP contribution >= 0.6 is 15.9 Å². The van der Waals surface area contributed by atoms with Crippen LogP contribution in [0.3, 0.4) is 0 Å². The van der Waals surface area contributed by atoms with Crippen molar-refractivity contribution in [2.75, 3.05) is 44.2 Å². The van der Waals surface area contributed by atoms with Gasteiger partial charge in [-0.15, -0.1) is 0 Å². The number of benzene rings is 1. The monoisotopic (exact) mass is 490 g/mol. The molecule has 0 unspecified atom stereocenters. The van der Waals surface area contributed by atoms with E-state index in [0.29, 0.717) is 31.6 Å². The molecule has 0 aliphatic carbocycles. The molecular weight excluding hydrogens is 468 g/mol. The first-order chi connectivity index (χ1) is 14.4. The number of rotatable bonds is 4. The fourth-order valence-electron chi connectivity index (χ4n) is 3.70. The SMILES string of the molecule is O=C(C1=CCN(S(=O)(=O)c2ccc(Br)cc2)CC1)N1CCN(c2ccccn2)CC1. The Labute approximate surface area is 185 Å². The third kappa shape index (κ3) is 4.43. The molecule has 1 saturated heterocycles. The molecule has 2 aliphatic rings. The summed E-state index contributed by atoms with van der Waals surface area (Å²) in [6.45, 7) is 3.26. The number of anilines is 1. The number of carbonyl (C=O) groups excluding carboxylic acids is 1. The minimum Gasteiger partial charge on any atom is -0.353 e. The second-order valence-corrected chi connectivity index (χ2v) is 10.1. The highest BCUT2D eigenvalue weighted by molar-refractivity contribution is 9.10. The van der Waals surface area contributed by atoms with Crippen LogP contribution in [0, 0.1) is 0 Å². The van der Waals surface area contributed by atoms with Crippen molar-refractivity contribution < 1.29 is 13.2 Å². The molecule has 0 N–H and O–H groups in total. The van der Waals surface area contributed by atoms with E-state index in [0.717, 1.165) is 23.4 Å². The van der Waals surface area contributed by atoms with Gasteiger partial charge < -0.3 is 9.80 Å². The molecule has 1 aromatic heterocycles. The highest BCUT2D eigenvalue weighted by Gasteiger charge is 2.30. The summed E-state index contributed by atoms with van der Waals surface area (Å²) in [7, 11) is -3.56. The van der Waals surface area contributed by atoms with E-state index in [1.165, 1.54) is 4.31 Å². The van der Waals surface area contributed by atoms with Crippen LogP contribution in [0.15, 0.2) is 69.7 Å². The van der Waals surface area contributed by atoms with Crippen LogP contribution in [-0.4, -0.2) is 67.8 Å². The maximum atomic E-state index is 12.9. The maximum Gasteiger partial charge on any atom is 0.249 e. The van der Waals surface area contributed by atoms with Gasteiger partial charge in [0.05, 0.1) is 4.90 Å². The highest BCUT2D eigenvalue weighted by atomic mass is 79.9. The molecule has 30 heavy (non-hydrogen) atoms. The second-order valence-electron chi connectivity index (χ2n) is 7.26. The molecule has 4 rings (SSSR count). The number of hydrogen-bond donors (Lipinski definition) is 0. The Kier molecular flexibility index (Phi) is 6.21. The Morgan fingerprint density at radius 3 is 2.30 bits per heavy atom. The summed E-state index contributed by atoms with van der Waals surface area (Å²) in [6, 6.07) is 12.4. The van der Waals surface area contributed by atoms with Crippen LogP contribution in [0.2, 0.25) is 0 Å². The van der Waals surface area contributed by atoms with Gasteiger partial charge in [0.2, 0.25) is 15.9 Å². The normalized spacial score (nSPS) is 18.2. The molecule has 0 bridgehead atoms. The third-order valence-corrected chi connectivity index (χ3v) is 7.85. The van der Waals surface area contributed by atoms with Crippen LogP contribution in [-0.2, 0) is 14.8 Å². The second kappa shape index (κ2) is 8.87. The Balaban J connectivity index is 1.36. The van der Waals surface area contributed by atoms with E-state index in [1.54, 1.807) is 36.5 Å². The number of hydrogen-bond acceptors (Lipinski definition) is 5. The summed E-state index contributed by atoms with van der Waals surface area (Å²) in [5.74, 6) is 0.937. The number of sulfonamides is 1. The smallest absolute Gasteiger partial charge is 0.249 e. The number of aromatic nitrogens is 1. The van der Waals surface area contributed by atoms with Gasteiger partial charge in [0, 0.05) is 55.5 Å². The molecule has 158 valence electrons. The van der Waals surface area contributed by atoms with E-state index < -0.39 is 10.0 Å². The fourth-order valence-corrected chi connectivity index (χ4v) is 5.35. The molecule has 2 aliphatic heterocycles. The zero-order valence-electron chi connectivity index (χ0n) is 16.4. The first-order valence-electron chi connectivity index (χ1n) is 9.85. The molecule has 1 amide bonds. The summed E-state index contributed by atoms with van der Waals surface area (Å²) in [5, 5.41) is 0. The molecule has 9 heteroatoms. The number of pyridine rings is 1. The third-order valence-electron chi connectivity index (χ3n) is 5.44. The van der Waals surface area contributed by atoms with Crippen LogP contribution in [0.25, 0.3) is 0 Å². The zero-order valence-corrected chi connectivity index (χ0v) is 18.8. The minimum absolute atomic E-state index is 0.0105. The van der Waals surface area contributed by atoms with Gasteiger partial charge in [0.25, 0.3) is 0 Å². The van der Waals surface area contributed by atoms with Crippen molar-refractivity contribution in [3.8, 4) is 0 Å². The Morgan fingerprint density at radius 1 is 0.967 bits per heavy atom. The van der Waals surface area contributed by atoms with Crippen molar-refractivity contribution >= 4 is 37.7 Å². The van der Waals surface area contributed by atoms with Crippen molar-refractivity contribution in [2.24, 2.45) is 0 Å². The van der Waals surface area contributed by atoms with Crippen molar-refractivity contribution in [1.29, 1.82) is 0 Å². The van der Waals surface area contributed by atoms with Crippen LogP contribution < -0.4 is 4.90 Å². The van der Waals surface area contributed by atoms with Gasteiger partial charge in [-0.2, -0.15) is 4.31 Å². The molecule has 0 radical (unpaired) electrons. The molecule has 7 nitrogen and oxygen atoms in total. The van der Waals surface area contributed by atoms with Crippen LogP contribution in [0.4, 0.5) is 5.82 Å². The van der Waals surface area contributed by atoms with Crippen LogP contribution in [0.5, 0.6) is 0 Å². The number of amides is 1. The molecule has 1 aromatic carbocycles. The lowest BCUT2D eigenvalue weighted by Gasteiger charge is -2.36. The van der Waals surface area contributed by atoms with E-state index >= 15 is 0 Å². The molecule has 0 atom stereocenters. The van der Waals surface area contributed by atoms with Gasteiger partial charge in [0.15, 0.2) is 0 Å². The molecule has 1 fully saturated rings. The first kappa shape index (κ1) is 21.0. The van der Waals surface area contributed by atoms with Crippen molar-refractivity contribution in [1.82, 2.24) is 14.2 Å². The summed E-state index contributed by atoms with van der Waals surface area (Å²) in [4.78, 5) is 21.6. The van der Waals surface area contributed by atoms with Gasteiger partial charge in [-0.05, 0) is 42.8 Å². The Hall–Kier alpha value is -2.23. The van der Waals surface area contributed by atoms with Crippen molar-refractivity contribution in [2.45, 2.75) is 11.3 Å². The van der Waals surface area contributed by atoms with Gasteiger partial charge in [-0.3, -0.25) is 4.79 Å². The fraction of sp³-hybridized carbons (Fsp3) is 0.333. The standard InChI is InChI=1S/C21H23BrN4O3S/c22-18-4-6-19(7-5-18)30(28,29)26-11-8-17(9-12-26)21(27)25-15-13-24(14-16-25)20-3-1-2-10-23-20/h1-8,10H,9,11-16H2. The largest absolute Gasteiger partial charge is 0.353 e. The van der Waals surface area contributed by atoms with Crippen LogP contribution in [0.1, 0.15) is 6.42 Å². The van der Waals surface area contributed by atoms with E-state index in [9.17, 15) is 13.2 Å². The molecule has 2 aromatic rings. The minimum atomic E-state index is -3.56. The van der Waals surface area contributed by atoms with Gasteiger partial charge in [0.1, 0.15) is 5.82 Å². The van der Waals surface area contributed by atoms with E-state index in [-0.39, 0.29) is 17.3 Å². The predicted molar refractivity (Wildman–Crippen MR) is 119 cm³/mol. The number of carbonyl (C=O) groups is 1. The van der Waals surface area contributed by atoms with Gasteiger partial charge in [-0.1, -0.05) is 28.1 Å². The average molecular weight is 491 g/mol. The topological polar surface area (TPSA) is 73.8 Å². The number of nitrogens with zero attached hydrogens (tertiary/aromatic N) is 4. The molecule has 0 saturated carbocycles. The Bertz CT molecular complexity index is 1030. The molecule has 0 spiro atoms. The van der Waals surface area contributed by atoms with E-state index in [1.807, 2.05) is 23.1 Å². The maximum absolute atomic E-state index is 12.9. The zero-order chi connectivity index (χ0) is 21.1. The van der Waals surface area contributed by atoms with E-state index in [2.05, 4.69) is 25.8 Å². The van der Waals surface area contributed by atoms with Gasteiger partial charge in [-0.25, -0.2) is 13.4 Å². The quantitative estimate of drug-likeness (QED) is 0.658. The van der Waals surface area contributed by atoms with Crippen molar-refractivity contribution in [3.05, 3.63) is 64.8 Å². The van der Waals surface area contributed by atoms with Gasteiger partial charge >= 0.3 is 0 Å². The van der Waals surface area contributed by atoms with Crippen molar-refractivity contribution in [3.63, 3.8) is 0 Å². The summed E-state index contributed by atoms with van der Waals surface area (Å²) in [6.07, 6.45) is 3.95. The molecular formula is C21H23BrN4O3S. The van der Waals surface area contributed by atoms with E-state index in [4.69, 9.17) is 0 Å². The average Bonchev–Trinajstić information content (AvgIpc) is 2.80. The molecule has 3 heterocycles. The summed E-state index contributed by atoms with van der Waals surface area (Å²) < 4.78 is 27.9. The lowest BCUT2D eigenvalue weighted by Crippen LogP contribution is -2.50.